The van der Waals surface area contributed by atoms with Gasteiger partial charge in [0, 0.05) is 30.0 Å². The van der Waals surface area contributed by atoms with E-state index >= 15 is 0 Å². The first-order valence-corrected chi connectivity index (χ1v) is 7.29. The van der Waals surface area contributed by atoms with Crippen molar-refractivity contribution in [1.82, 2.24) is 15.0 Å². The van der Waals surface area contributed by atoms with E-state index in [1.165, 1.54) is 6.42 Å². The van der Waals surface area contributed by atoms with E-state index in [0.29, 0.717) is 23.1 Å². The number of aromatic nitrogens is 1. The van der Waals surface area contributed by atoms with Crippen LogP contribution in [0.15, 0.2) is 30.6 Å². The highest BCUT2D eigenvalue weighted by molar-refractivity contribution is 5.95. The Kier molecular flexibility index (Phi) is 2.72. The Morgan fingerprint density at radius 1 is 1.38 bits per heavy atom. The van der Waals surface area contributed by atoms with Gasteiger partial charge in [0.15, 0.2) is 0 Å². The van der Waals surface area contributed by atoms with Crippen LogP contribution in [0.1, 0.15) is 28.8 Å². The molecule has 21 heavy (non-hydrogen) atoms. The van der Waals surface area contributed by atoms with Gasteiger partial charge in [-0.1, -0.05) is 0 Å². The van der Waals surface area contributed by atoms with Gasteiger partial charge in [-0.2, -0.15) is 5.26 Å². The molecule has 1 saturated carbocycles. The first-order valence-electron chi connectivity index (χ1n) is 7.29. The van der Waals surface area contributed by atoms with Crippen LogP contribution in [0.5, 0.6) is 0 Å². The Morgan fingerprint density at radius 3 is 2.95 bits per heavy atom. The van der Waals surface area contributed by atoms with Crippen LogP contribution in [0, 0.1) is 17.2 Å². The quantitative estimate of drug-likeness (QED) is 0.871. The fourth-order valence-electron chi connectivity index (χ4n) is 3.60. The van der Waals surface area contributed by atoms with E-state index in [1.54, 1.807) is 18.2 Å². The zero-order chi connectivity index (χ0) is 14.4. The number of nitrogens with zero attached hydrogens (tertiary/aromatic N) is 2. The molecule has 2 aromatic rings. The molecular weight excluding hydrogens is 264 g/mol. The zero-order valence-electron chi connectivity index (χ0n) is 11.5. The van der Waals surface area contributed by atoms with Crippen molar-refractivity contribution in [3.63, 3.8) is 0 Å². The van der Waals surface area contributed by atoms with Crippen LogP contribution in [0.2, 0.25) is 0 Å². The number of pyridine rings is 1. The molecule has 3 atom stereocenters. The number of nitriles is 1. The third-order valence-corrected chi connectivity index (χ3v) is 4.69. The summed E-state index contributed by atoms with van der Waals surface area (Å²) in [4.78, 5) is 12.4. The van der Waals surface area contributed by atoms with Gasteiger partial charge in [0.05, 0.1) is 11.1 Å². The minimum Gasteiger partial charge on any atom is -0.348 e. The molecule has 3 heterocycles. The van der Waals surface area contributed by atoms with Crippen LogP contribution in [0.3, 0.4) is 0 Å². The Bertz CT molecular complexity index is 757. The molecular formula is C16H16N4O. The minimum atomic E-state index is -0.0538. The highest BCUT2D eigenvalue weighted by atomic mass is 16.1. The van der Waals surface area contributed by atoms with E-state index < -0.39 is 0 Å². The van der Waals surface area contributed by atoms with Crippen molar-refractivity contribution in [1.29, 1.82) is 5.26 Å². The van der Waals surface area contributed by atoms with Crippen molar-refractivity contribution in [2.75, 3.05) is 6.54 Å². The van der Waals surface area contributed by atoms with Gasteiger partial charge in [-0.05, 0) is 43.5 Å². The van der Waals surface area contributed by atoms with Crippen LogP contribution in [0.25, 0.3) is 5.52 Å². The van der Waals surface area contributed by atoms with Crippen molar-refractivity contribution < 1.29 is 4.79 Å². The lowest BCUT2D eigenvalue weighted by molar-refractivity contribution is 0.0928. The van der Waals surface area contributed by atoms with Gasteiger partial charge in [-0.3, -0.25) is 4.79 Å². The summed E-state index contributed by atoms with van der Waals surface area (Å²) in [5.74, 6) is 0.653. The summed E-state index contributed by atoms with van der Waals surface area (Å²) in [5.41, 5.74) is 1.97. The Balaban J connectivity index is 1.58. The first-order chi connectivity index (χ1) is 10.2. The molecule has 0 aromatic carbocycles. The summed E-state index contributed by atoms with van der Waals surface area (Å²) >= 11 is 0. The largest absolute Gasteiger partial charge is 0.348 e. The van der Waals surface area contributed by atoms with E-state index in [-0.39, 0.29) is 11.9 Å². The molecule has 5 heteroatoms. The van der Waals surface area contributed by atoms with Crippen molar-refractivity contribution in [3.8, 4) is 6.07 Å². The van der Waals surface area contributed by atoms with Gasteiger partial charge >= 0.3 is 0 Å². The van der Waals surface area contributed by atoms with Crippen molar-refractivity contribution in [2.45, 2.75) is 24.9 Å². The summed E-state index contributed by atoms with van der Waals surface area (Å²) in [6.07, 6.45) is 5.89. The third-order valence-electron chi connectivity index (χ3n) is 4.69. The molecule has 2 N–H and O–H groups in total. The average Bonchev–Trinajstić information content (AvgIpc) is 3.21. The Hall–Kier alpha value is -2.32. The van der Waals surface area contributed by atoms with Crippen LogP contribution in [-0.2, 0) is 0 Å². The van der Waals surface area contributed by atoms with Gasteiger partial charge in [0.1, 0.15) is 6.07 Å². The Labute approximate surface area is 122 Å². The molecule has 0 spiro atoms. The molecule has 0 radical (unpaired) electrons. The van der Waals surface area contributed by atoms with E-state index in [4.69, 9.17) is 5.26 Å². The maximum atomic E-state index is 12.4. The molecule has 4 rings (SSSR count). The summed E-state index contributed by atoms with van der Waals surface area (Å²) in [7, 11) is 0. The number of fused-ring (bicyclic) bond motifs is 3. The summed E-state index contributed by atoms with van der Waals surface area (Å²) in [6.45, 7) is 1.08. The highest BCUT2D eigenvalue weighted by Gasteiger charge is 2.40. The third kappa shape index (κ3) is 1.99. The zero-order valence-corrected chi connectivity index (χ0v) is 11.5. The topological polar surface area (TPSA) is 69.3 Å². The lowest BCUT2D eigenvalue weighted by Gasteiger charge is -2.24. The van der Waals surface area contributed by atoms with E-state index in [9.17, 15) is 4.79 Å². The number of hydrogen-bond acceptors (Lipinski definition) is 3. The standard InChI is InChI=1S/C16H16N4O/c17-8-12-2-4-20-3-1-11(7-15(12)20)16(21)19-14-6-10-5-13(14)18-9-10/h1-4,7,10,13-14,18H,5-6,9H2,(H,19,21). The lowest BCUT2D eigenvalue weighted by atomic mass is 10.1. The van der Waals surface area contributed by atoms with Crippen LogP contribution >= 0.6 is 0 Å². The van der Waals surface area contributed by atoms with Gasteiger partial charge in [0.2, 0.25) is 0 Å². The molecule has 2 bridgehead atoms. The normalized spacial score (nSPS) is 26.9. The second kappa shape index (κ2) is 4.61. The minimum absolute atomic E-state index is 0.0538. The lowest BCUT2D eigenvalue weighted by Crippen LogP contribution is -2.47. The fraction of sp³-hybridized carbons (Fsp3) is 0.375. The number of amides is 1. The second-order valence-electron chi connectivity index (χ2n) is 5.98. The van der Waals surface area contributed by atoms with Gasteiger partial charge in [-0.25, -0.2) is 0 Å². The monoisotopic (exact) mass is 280 g/mol. The Morgan fingerprint density at radius 2 is 2.24 bits per heavy atom. The smallest absolute Gasteiger partial charge is 0.251 e. The molecule has 1 amide bonds. The predicted molar refractivity (Wildman–Crippen MR) is 77.9 cm³/mol. The summed E-state index contributed by atoms with van der Waals surface area (Å²) < 4.78 is 1.86. The number of carbonyl (C=O) groups is 1. The summed E-state index contributed by atoms with van der Waals surface area (Å²) in [5, 5.41) is 15.7. The van der Waals surface area contributed by atoms with Crippen LogP contribution in [-0.4, -0.2) is 28.9 Å². The average molecular weight is 280 g/mol. The van der Waals surface area contributed by atoms with E-state index in [2.05, 4.69) is 16.7 Å². The molecule has 5 nitrogen and oxygen atoms in total. The second-order valence-corrected chi connectivity index (χ2v) is 5.98. The maximum absolute atomic E-state index is 12.4. The molecule has 2 aliphatic rings. The molecule has 1 aliphatic carbocycles. The number of nitrogens with one attached hydrogen (secondary N) is 2. The van der Waals surface area contributed by atoms with Gasteiger partial charge in [0.25, 0.3) is 5.91 Å². The molecule has 3 unspecified atom stereocenters. The fourth-order valence-corrected chi connectivity index (χ4v) is 3.60. The van der Waals surface area contributed by atoms with E-state index in [1.807, 2.05) is 16.8 Å². The van der Waals surface area contributed by atoms with Crippen LogP contribution in [0.4, 0.5) is 0 Å². The number of piperidine rings is 1. The number of carbonyl (C=O) groups excluding carboxylic acids is 1. The molecule has 1 aliphatic heterocycles. The molecule has 2 aromatic heterocycles. The summed E-state index contributed by atoms with van der Waals surface area (Å²) in [6, 6.07) is 8.14. The van der Waals surface area contributed by atoms with Gasteiger partial charge < -0.3 is 15.0 Å². The van der Waals surface area contributed by atoms with Crippen molar-refractivity contribution in [3.05, 3.63) is 41.7 Å². The first kappa shape index (κ1) is 12.4. The SMILES string of the molecule is N#Cc1ccn2ccc(C(=O)NC3CC4CNC3C4)cc12. The molecule has 1 saturated heterocycles. The van der Waals surface area contributed by atoms with Crippen LogP contribution < -0.4 is 10.6 Å². The van der Waals surface area contributed by atoms with E-state index in [0.717, 1.165) is 18.5 Å². The number of rotatable bonds is 2. The number of hydrogen-bond donors (Lipinski definition) is 2. The maximum Gasteiger partial charge on any atom is 0.251 e. The van der Waals surface area contributed by atoms with Crippen molar-refractivity contribution in [2.24, 2.45) is 5.92 Å². The van der Waals surface area contributed by atoms with Gasteiger partial charge in [-0.15, -0.1) is 0 Å². The van der Waals surface area contributed by atoms with Crippen molar-refractivity contribution >= 4 is 11.4 Å². The highest BCUT2D eigenvalue weighted by Crippen LogP contribution is 2.31. The molecule has 2 fully saturated rings. The molecule has 106 valence electrons. The predicted octanol–water partition coefficient (Wildman–Crippen LogP) is 1.29.